The zero-order chi connectivity index (χ0) is 17.1. The summed E-state index contributed by atoms with van der Waals surface area (Å²) in [5.74, 6) is -1.13. The summed E-state index contributed by atoms with van der Waals surface area (Å²) in [6.45, 7) is 2.00. The van der Waals surface area contributed by atoms with Gasteiger partial charge in [0.1, 0.15) is 5.82 Å². The molecule has 0 radical (unpaired) electrons. The Hall–Kier alpha value is -2.73. The highest BCUT2D eigenvalue weighted by molar-refractivity contribution is 6.34. The summed E-state index contributed by atoms with van der Waals surface area (Å²) in [5.41, 5.74) is 1.88. The zero-order valence-electron chi connectivity index (χ0n) is 12.7. The number of carbonyl (C=O) groups is 1. The van der Waals surface area contributed by atoms with Gasteiger partial charge >= 0.3 is 6.01 Å². The van der Waals surface area contributed by atoms with Crippen molar-refractivity contribution in [1.82, 2.24) is 10.2 Å². The van der Waals surface area contributed by atoms with Gasteiger partial charge in [-0.2, -0.15) is 0 Å². The van der Waals surface area contributed by atoms with Crippen LogP contribution in [0.1, 0.15) is 27.4 Å². The van der Waals surface area contributed by atoms with E-state index in [-0.39, 0.29) is 16.6 Å². The summed E-state index contributed by atoms with van der Waals surface area (Å²) in [7, 11) is 0. The lowest BCUT2D eigenvalue weighted by Gasteiger charge is -2.04. The summed E-state index contributed by atoms with van der Waals surface area (Å²) in [4.78, 5) is 12.1. The first-order chi connectivity index (χ1) is 11.5. The van der Waals surface area contributed by atoms with Crippen molar-refractivity contribution in [3.8, 4) is 0 Å². The molecular weight excluding hydrogens is 333 g/mol. The Labute approximate surface area is 142 Å². The SMILES string of the molecule is Cc1ccc(Cc2nnc(NC(=O)c3c(F)cccc3Cl)o2)cc1. The molecule has 3 aromatic rings. The molecule has 122 valence electrons. The predicted molar refractivity (Wildman–Crippen MR) is 87.6 cm³/mol. The maximum atomic E-state index is 13.7. The van der Waals surface area contributed by atoms with Crippen LogP contribution < -0.4 is 5.32 Å². The second kappa shape index (κ2) is 6.80. The van der Waals surface area contributed by atoms with Gasteiger partial charge in [-0.25, -0.2) is 4.39 Å². The molecule has 1 heterocycles. The van der Waals surface area contributed by atoms with Gasteiger partial charge in [-0.3, -0.25) is 10.1 Å². The fourth-order valence-electron chi connectivity index (χ4n) is 2.13. The molecule has 1 N–H and O–H groups in total. The van der Waals surface area contributed by atoms with Crippen molar-refractivity contribution in [1.29, 1.82) is 0 Å². The Morgan fingerprint density at radius 2 is 1.96 bits per heavy atom. The number of nitrogens with zero attached hydrogens (tertiary/aromatic N) is 2. The van der Waals surface area contributed by atoms with E-state index in [0.717, 1.165) is 17.2 Å². The lowest BCUT2D eigenvalue weighted by Crippen LogP contribution is -2.14. The Kier molecular flexibility index (Phi) is 4.57. The molecule has 5 nitrogen and oxygen atoms in total. The Morgan fingerprint density at radius 1 is 1.21 bits per heavy atom. The molecule has 2 aromatic carbocycles. The van der Waals surface area contributed by atoms with Crippen LogP contribution in [0.2, 0.25) is 5.02 Å². The van der Waals surface area contributed by atoms with E-state index in [1.54, 1.807) is 0 Å². The van der Waals surface area contributed by atoms with Crippen molar-refractivity contribution in [2.24, 2.45) is 0 Å². The number of hydrogen-bond acceptors (Lipinski definition) is 4. The van der Waals surface area contributed by atoms with E-state index in [4.69, 9.17) is 16.0 Å². The van der Waals surface area contributed by atoms with Crippen LogP contribution in [-0.4, -0.2) is 16.1 Å². The molecule has 0 saturated heterocycles. The van der Waals surface area contributed by atoms with Crippen LogP contribution in [0.4, 0.5) is 10.4 Å². The summed E-state index contributed by atoms with van der Waals surface area (Å²) >= 11 is 5.85. The van der Waals surface area contributed by atoms with E-state index < -0.39 is 11.7 Å². The van der Waals surface area contributed by atoms with Crippen molar-refractivity contribution >= 4 is 23.5 Å². The van der Waals surface area contributed by atoms with Gasteiger partial charge in [-0.1, -0.05) is 52.6 Å². The van der Waals surface area contributed by atoms with E-state index in [0.29, 0.717) is 12.3 Å². The van der Waals surface area contributed by atoms with Gasteiger partial charge in [-0.15, -0.1) is 5.10 Å². The minimum absolute atomic E-state index is 0.00638. The van der Waals surface area contributed by atoms with Crippen LogP contribution in [-0.2, 0) is 6.42 Å². The average Bonchev–Trinajstić information content (AvgIpc) is 2.96. The van der Waals surface area contributed by atoms with Crippen LogP contribution in [0.3, 0.4) is 0 Å². The van der Waals surface area contributed by atoms with Gasteiger partial charge in [0.2, 0.25) is 5.89 Å². The van der Waals surface area contributed by atoms with E-state index in [2.05, 4.69) is 15.5 Å². The number of nitrogens with one attached hydrogen (secondary N) is 1. The summed E-state index contributed by atoms with van der Waals surface area (Å²) in [5, 5.41) is 9.97. The molecule has 1 amide bonds. The van der Waals surface area contributed by atoms with Crippen LogP contribution in [0, 0.1) is 12.7 Å². The van der Waals surface area contributed by atoms with E-state index >= 15 is 0 Å². The highest BCUT2D eigenvalue weighted by Gasteiger charge is 2.18. The van der Waals surface area contributed by atoms with E-state index in [9.17, 15) is 9.18 Å². The van der Waals surface area contributed by atoms with E-state index in [1.807, 2.05) is 31.2 Å². The molecule has 0 aliphatic heterocycles. The number of hydrogen-bond donors (Lipinski definition) is 1. The third kappa shape index (κ3) is 3.60. The monoisotopic (exact) mass is 345 g/mol. The molecule has 0 atom stereocenters. The summed E-state index contributed by atoms with van der Waals surface area (Å²) < 4.78 is 19.1. The highest BCUT2D eigenvalue weighted by atomic mass is 35.5. The first-order valence-electron chi connectivity index (χ1n) is 7.16. The zero-order valence-corrected chi connectivity index (χ0v) is 13.5. The molecule has 0 bridgehead atoms. The average molecular weight is 346 g/mol. The number of rotatable bonds is 4. The van der Waals surface area contributed by atoms with Crippen molar-refractivity contribution < 1.29 is 13.6 Å². The smallest absolute Gasteiger partial charge is 0.322 e. The molecule has 0 unspecified atom stereocenters. The highest BCUT2D eigenvalue weighted by Crippen LogP contribution is 2.20. The number of amides is 1. The summed E-state index contributed by atoms with van der Waals surface area (Å²) in [6.07, 6.45) is 0.434. The predicted octanol–water partition coefficient (Wildman–Crippen LogP) is 4.01. The van der Waals surface area contributed by atoms with Crippen molar-refractivity contribution in [2.45, 2.75) is 13.3 Å². The van der Waals surface area contributed by atoms with Crippen LogP contribution in [0.15, 0.2) is 46.9 Å². The molecule has 0 aliphatic carbocycles. The lowest BCUT2D eigenvalue weighted by molar-refractivity contribution is 0.102. The Balaban J connectivity index is 1.72. The molecule has 0 saturated carbocycles. The molecule has 0 spiro atoms. The van der Waals surface area contributed by atoms with Gasteiger partial charge in [0.15, 0.2) is 0 Å². The first-order valence-corrected chi connectivity index (χ1v) is 7.54. The molecule has 0 aliphatic rings. The van der Waals surface area contributed by atoms with Gasteiger partial charge in [0.05, 0.1) is 17.0 Å². The minimum Gasteiger partial charge on any atom is -0.407 e. The maximum absolute atomic E-state index is 13.7. The lowest BCUT2D eigenvalue weighted by atomic mass is 10.1. The number of carbonyl (C=O) groups excluding carboxylic acids is 1. The van der Waals surface area contributed by atoms with Crippen molar-refractivity contribution in [3.05, 3.63) is 75.9 Å². The number of aryl methyl sites for hydroxylation is 1. The molecule has 1 aromatic heterocycles. The number of benzene rings is 2. The standard InChI is InChI=1S/C17H13ClFN3O2/c1-10-5-7-11(8-6-10)9-14-21-22-17(24-14)20-16(23)15-12(18)3-2-4-13(15)19/h2-8H,9H2,1H3,(H,20,22,23). The minimum atomic E-state index is -0.747. The quantitative estimate of drug-likeness (QED) is 0.775. The third-order valence-corrected chi connectivity index (χ3v) is 3.67. The fraction of sp³-hybridized carbons (Fsp3) is 0.118. The largest absolute Gasteiger partial charge is 0.407 e. The maximum Gasteiger partial charge on any atom is 0.322 e. The molecule has 7 heteroatoms. The molecule has 24 heavy (non-hydrogen) atoms. The summed E-state index contributed by atoms with van der Waals surface area (Å²) in [6, 6.07) is 11.8. The molecule has 3 rings (SSSR count). The van der Waals surface area contributed by atoms with Crippen molar-refractivity contribution in [3.63, 3.8) is 0 Å². The number of anilines is 1. The topological polar surface area (TPSA) is 68.0 Å². The first kappa shape index (κ1) is 16.1. The normalized spacial score (nSPS) is 10.6. The molecule has 0 fully saturated rings. The van der Waals surface area contributed by atoms with E-state index in [1.165, 1.54) is 12.1 Å². The van der Waals surface area contributed by atoms with Gasteiger partial charge in [-0.05, 0) is 24.6 Å². The van der Waals surface area contributed by atoms with Crippen LogP contribution in [0.25, 0.3) is 0 Å². The third-order valence-electron chi connectivity index (χ3n) is 3.35. The Bertz CT molecular complexity index is 858. The van der Waals surface area contributed by atoms with Gasteiger partial charge < -0.3 is 4.42 Å². The van der Waals surface area contributed by atoms with Crippen molar-refractivity contribution in [2.75, 3.05) is 5.32 Å². The number of aromatic nitrogens is 2. The fourth-order valence-corrected chi connectivity index (χ4v) is 2.38. The van der Waals surface area contributed by atoms with Gasteiger partial charge in [0.25, 0.3) is 5.91 Å². The number of halogens is 2. The van der Waals surface area contributed by atoms with Crippen LogP contribution >= 0.6 is 11.6 Å². The second-order valence-corrected chi connectivity index (χ2v) is 5.62. The molecular formula is C17H13ClFN3O2. The van der Waals surface area contributed by atoms with Crippen LogP contribution in [0.5, 0.6) is 0 Å². The van der Waals surface area contributed by atoms with Gasteiger partial charge in [0, 0.05) is 0 Å². The Morgan fingerprint density at radius 3 is 2.67 bits per heavy atom. The second-order valence-electron chi connectivity index (χ2n) is 5.21.